The first-order chi connectivity index (χ1) is 9.38. The van der Waals surface area contributed by atoms with Gasteiger partial charge in [0, 0.05) is 6.20 Å². The van der Waals surface area contributed by atoms with Crippen LogP contribution >= 0.6 is 0 Å². The number of hydrogen-bond acceptors (Lipinski definition) is 4. The molecule has 1 saturated carbocycles. The summed E-state index contributed by atoms with van der Waals surface area (Å²) in [6.07, 6.45) is 5.74. The Kier molecular flexibility index (Phi) is 4.14. The van der Waals surface area contributed by atoms with E-state index < -0.39 is 5.54 Å². The third kappa shape index (κ3) is 2.44. The normalized spacial score (nSPS) is 26.8. The monoisotopic (exact) mass is 275 g/mol. The van der Waals surface area contributed by atoms with Crippen molar-refractivity contribution in [2.24, 2.45) is 5.92 Å². The third-order valence-corrected chi connectivity index (χ3v) is 4.67. The topological polar surface area (TPSA) is 59.2 Å². The van der Waals surface area contributed by atoms with Gasteiger partial charge in [-0.25, -0.2) is 4.98 Å². The summed E-state index contributed by atoms with van der Waals surface area (Å²) in [5, 5.41) is 0. The van der Waals surface area contributed by atoms with Gasteiger partial charge >= 0.3 is 0 Å². The van der Waals surface area contributed by atoms with Crippen molar-refractivity contribution in [3.8, 4) is 0 Å². The van der Waals surface area contributed by atoms with Crippen LogP contribution in [-0.2, 0) is 0 Å². The Balaban J connectivity index is 2.47. The van der Waals surface area contributed by atoms with Crippen molar-refractivity contribution in [2.75, 3.05) is 19.8 Å². The zero-order valence-corrected chi connectivity index (χ0v) is 12.9. The number of anilines is 1. The molecule has 0 aliphatic heterocycles. The molecule has 1 aliphatic carbocycles. The van der Waals surface area contributed by atoms with E-state index in [1.54, 1.807) is 6.20 Å². The summed E-state index contributed by atoms with van der Waals surface area (Å²) in [7, 11) is 4.00. The van der Waals surface area contributed by atoms with Crippen LogP contribution in [0.25, 0.3) is 0 Å². The lowest BCUT2D eigenvalue weighted by molar-refractivity contribution is 0.0486. The third-order valence-electron chi connectivity index (χ3n) is 4.67. The fraction of sp³-hybridized carbons (Fsp3) is 0.625. The number of Topliss-reactive ketones (excluding diaryl/α,β-unsaturated/α-hetero) is 1. The molecular formula is C16H25N3O. The number of pyridine rings is 1. The van der Waals surface area contributed by atoms with Gasteiger partial charge in [0.2, 0.25) is 0 Å². The van der Waals surface area contributed by atoms with Crippen LogP contribution in [0, 0.1) is 12.8 Å². The molecule has 1 aromatic heterocycles. The van der Waals surface area contributed by atoms with Crippen molar-refractivity contribution in [1.29, 1.82) is 0 Å². The molecule has 0 radical (unpaired) electrons. The Morgan fingerprint density at radius 3 is 2.75 bits per heavy atom. The maximum absolute atomic E-state index is 13.2. The molecule has 4 nitrogen and oxygen atoms in total. The van der Waals surface area contributed by atoms with E-state index in [2.05, 4.69) is 16.8 Å². The van der Waals surface area contributed by atoms with E-state index in [0.717, 1.165) is 24.8 Å². The minimum atomic E-state index is -0.431. The van der Waals surface area contributed by atoms with Gasteiger partial charge < -0.3 is 5.73 Å². The highest BCUT2D eigenvalue weighted by Gasteiger charge is 2.44. The molecule has 2 rings (SSSR count). The molecule has 2 N–H and O–H groups in total. The second-order valence-electron chi connectivity index (χ2n) is 6.34. The molecule has 1 aliphatic rings. The van der Waals surface area contributed by atoms with Crippen molar-refractivity contribution < 1.29 is 4.79 Å². The summed E-state index contributed by atoms with van der Waals surface area (Å²) in [4.78, 5) is 19.4. The number of nitrogens with zero attached hydrogens (tertiary/aromatic N) is 2. The Labute approximate surface area is 121 Å². The van der Waals surface area contributed by atoms with Crippen LogP contribution < -0.4 is 5.73 Å². The molecule has 0 saturated heterocycles. The molecule has 2 atom stereocenters. The van der Waals surface area contributed by atoms with E-state index >= 15 is 0 Å². The summed E-state index contributed by atoms with van der Waals surface area (Å²) in [5.41, 5.74) is 7.07. The number of nitrogens with two attached hydrogens (primary N) is 1. The molecule has 1 fully saturated rings. The number of nitrogen functional groups attached to an aromatic ring is 1. The van der Waals surface area contributed by atoms with Gasteiger partial charge in [-0.1, -0.05) is 19.8 Å². The number of hydrogen-bond donors (Lipinski definition) is 1. The quantitative estimate of drug-likeness (QED) is 0.862. The zero-order valence-electron chi connectivity index (χ0n) is 12.9. The van der Waals surface area contributed by atoms with Gasteiger partial charge in [-0.05, 0) is 51.4 Å². The van der Waals surface area contributed by atoms with Gasteiger partial charge in [0.05, 0.1) is 11.1 Å². The molecule has 0 spiro atoms. The van der Waals surface area contributed by atoms with E-state index in [4.69, 9.17) is 5.73 Å². The molecule has 0 aromatic carbocycles. The molecule has 2 unspecified atom stereocenters. The van der Waals surface area contributed by atoms with Crippen LogP contribution in [0.3, 0.4) is 0 Å². The van der Waals surface area contributed by atoms with Crippen LogP contribution in [0.5, 0.6) is 0 Å². The highest BCUT2D eigenvalue weighted by molar-refractivity contribution is 6.07. The minimum absolute atomic E-state index is 0.136. The van der Waals surface area contributed by atoms with Crippen molar-refractivity contribution in [3.05, 3.63) is 23.4 Å². The van der Waals surface area contributed by atoms with Crippen molar-refractivity contribution in [3.63, 3.8) is 0 Å². The molecule has 1 aromatic rings. The van der Waals surface area contributed by atoms with Crippen LogP contribution in [0.15, 0.2) is 12.3 Å². The van der Waals surface area contributed by atoms with Gasteiger partial charge in [0.25, 0.3) is 0 Å². The smallest absolute Gasteiger partial charge is 0.187 e. The van der Waals surface area contributed by atoms with Crippen LogP contribution in [0.1, 0.15) is 48.5 Å². The van der Waals surface area contributed by atoms with Gasteiger partial charge in [-0.2, -0.15) is 0 Å². The fourth-order valence-corrected chi connectivity index (χ4v) is 3.45. The molecule has 1 heterocycles. The lowest BCUT2D eigenvalue weighted by Crippen LogP contribution is -2.54. The van der Waals surface area contributed by atoms with Gasteiger partial charge in [-0.3, -0.25) is 9.69 Å². The number of aryl methyl sites for hydroxylation is 1. The second-order valence-corrected chi connectivity index (χ2v) is 6.34. The van der Waals surface area contributed by atoms with Gasteiger partial charge in [0.1, 0.15) is 5.82 Å². The van der Waals surface area contributed by atoms with E-state index in [9.17, 15) is 4.79 Å². The summed E-state index contributed by atoms with van der Waals surface area (Å²) >= 11 is 0. The van der Waals surface area contributed by atoms with Crippen molar-refractivity contribution >= 4 is 11.6 Å². The number of carbonyl (C=O) groups excluding carboxylic acids is 1. The van der Waals surface area contributed by atoms with Crippen LogP contribution in [0.4, 0.5) is 5.82 Å². The Hall–Kier alpha value is -1.42. The number of ketones is 1. The molecule has 0 amide bonds. The first-order valence-electron chi connectivity index (χ1n) is 7.32. The Morgan fingerprint density at radius 1 is 1.50 bits per heavy atom. The number of carbonyl (C=O) groups is 1. The highest BCUT2D eigenvalue weighted by Crippen LogP contribution is 2.39. The van der Waals surface area contributed by atoms with Crippen molar-refractivity contribution in [1.82, 2.24) is 9.88 Å². The maximum atomic E-state index is 13.2. The fourth-order valence-electron chi connectivity index (χ4n) is 3.45. The summed E-state index contributed by atoms with van der Waals surface area (Å²) in [5.74, 6) is 1.06. The zero-order chi connectivity index (χ0) is 14.9. The Bertz CT molecular complexity index is 492. The molecule has 4 heteroatoms. The maximum Gasteiger partial charge on any atom is 0.187 e. The first-order valence-corrected chi connectivity index (χ1v) is 7.32. The highest BCUT2D eigenvalue weighted by atomic mass is 16.1. The summed E-state index contributed by atoms with van der Waals surface area (Å²) in [6.45, 7) is 4.16. The Morgan fingerprint density at radius 2 is 2.20 bits per heavy atom. The molecule has 110 valence electrons. The van der Waals surface area contributed by atoms with E-state index in [1.807, 2.05) is 27.1 Å². The lowest BCUT2D eigenvalue weighted by atomic mass is 9.71. The largest absolute Gasteiger partial charge is 0.383 e. The van der Waals surface area contributed by atoms with Crippen LogP contribution in [0.2, 0.25) is 0 Å². The van der Waals surface area contributed by atoms with Gasteiger partial charge in [0.15, 0.2) is 5.78 Å². The van der Waals surface area contributed by atoms with E-state index in [1.165, 1.54) is 6.42 Å². The summed E-state index contributed by atoms with van der Waals surface area (Å²) < 4.78 is 0. The standard InChI is InChI=1S/C16H25N3O/c1-11-6-5-8-16(10-11,19(3)4)14(20)13-12(2)7-9-18-15(13)17/h7,9,11H,5-6,8,10H2,1-4H3,(H2,17,18). The van der Waals surface area contributed by atoms with E-state index in [-0.39, 0.29) is 5.78 Å². The number of likely N-dealkylation sites (N-methyl/N-ethyl adjacent to an activating group) is 1. The number of rotatable bonds is 3. The lowest BCUT2D eigenvalue weighted by Gasteiger charge is -2.44. The molecular weight excluding hydrogens is 250 g/mol. The molecule has 20 heavy (non-hydrogen) atoms. The predicted molar refractivity (Wildman–Crippen MR) is 81.8 cm³/mol. The first kappa shape index (κ1) is 15.0. The van der Waals surface area contributed by atoms with Gasteiger partial charge in [-0.15, -0.1) is 0 Å². The SMILES string of the molecule is Cc1ccnc(N)c1C(=O)C1(N(C)C)CCCC(C)C1. The molecule has 0 bridgehead atoms. The average Bonchev–Trinajstić information content (AvgIpc) is 2.37. The predicted octanol–water partition coefficient (Wildman–Crippen LogP) is 2.67. The van der Waals surface area contributed by atoms with Crippen molar-refractivity contribution in [2.45, 2.75) is 45.1 Å². The van der Waals surface area contributed by atoms with Crippen LogP contribution in [-0.4, -0.2) is 35.3 Å². The second kappa shape index (κ2) is 5.52. The minimum Gasteiger partial charge on any atom is -0.383 e. The average molecular weight is 275 g/mol. The number of aromatic nitrogens is 1. The van der Waals surface area contributed by atoms with E-state index in [0.29, 0.717) is 17.3 Å². The summed E-state index contributed by atoms with van der Waals surface area (Å²) in [6, 6.07) is 1.86.